The van der Waals surface area contributed by atoms with Crippen LogP contribution >= 0.6 is 57.3 Å². The Kier molecular flexibility index (Phi) is 10.3. The third-order valence-electron chi connectivity index (χ3n) is 5.63. The van der Waals surface area contributed by atoms with E-state index in [1.165, 1.54) is 0 Å². The maximum absolute atomic E-state index is 11.2. The first-order valence-corrected chi connectivity index (χ1v) is 17.1. The molecule has 1 unspecified atom stereocenters. The molecule has 1 aliphatic rings. The van der Waals surface area contributed by atoms with Crippen LogP contribution in [0.3, 0.4) is 0 Å². The van der Waals surface area contributed by atoms with E-state index in [9.17, 15) is 12.6 Å². The number of thiazole rings is 1. The predicted molar refractivity (Wildman–Crippen MR) is 159 cm³/mol. The average molecular weight is 716 g/mol. The SMILES string of the molecule is O=S(O)OCCCCN1C(=Cc2sc3ccc(I)cc3[n+]2CCCCS(=O)(=O)O)Sc2ccc(Cl)cc21. The molecule has 4 rings (SSSR count). The third kappa shape index (κ3) is 8.11. The number of nitrogens with zero attached hydrogens (tertiary/aromatic N) is 2. The highest BCUT2D eigenvalue weighted by Gasteiger charge is 2.28. The van der Waals surface area contributed by atoms with Crippen molar-refractivity contribution in [1.82, 2.24) is 0 Å². The number of unbranched alkanes of at least 4 members (excludes halogenated alkanes) is 2. The molecule has 1 aromatic heterocycles. The predicted octanol–water partition coefficient (Wildman–Crippen LogP) is 5.96. The molecule has 0 bridgehead atoms. The van der Waals surface area contributed by atoms with E-state index in [0.29, 0.717) is 37.4 Å². The Morgan fingerprint density at radius 2 is 1.97 bits per heavy atom. The van der Waals surface area contributed by atoms with E-state index < -0.39 is 21.5 Å². The van der Waals surface area contributed by atoms with Crippen molar-refractivity contribution in [2.45, 2.75) is 37.1 Å². The van der Waals surface area contributed by atoms with E-state index in [1.54, 1.807) is 23.1 Å². The van der Waals surface area contributed by atoms with Crippen LogP contribution in [0, 0.1) is 3.57 Å². The molecule has 2 heterocycles. The average Bonchev–Trinajstić information content (AvgIpc) is 3.32. The Morgan fingerprint density at radius 3 is 2.73 bits per heavy atom. The first-order valence-electron chi connectivity index (χ1n) is 11.4. The number of aromatic nitrogens is 1. The van der Waals surface area contributed by atoms with Crippen molar-refractivity contribution in [3.05, 3.63) is 55.0 Å². The van der Waals surface area contributed by atoms with Crippen LogP contribution in [0.25, 0.3) is 16.3 Å². The fourth-order valence-corrected chi connectivity index (χ4v) is 7.74. The van der Waals surface area contributed by atoms with Crippen LogP contribution in [0.2, 0.25) is 5.02 Å². The van der Waals surface area contributed by atoms with Gasteiger partial charge in [-0.1, -0.05) is 34.7 Å². The molecule has 0 amide bonds. The second-order valence-corrected chi connectivity index (χ2v) is 14.3. The lowest BCUT2D eigenvalue weighted by atomic mass is 10.2. The molecule has 0 aliphatic carbocycles. The molecule has 0 fully saturated rings. The van der Waals surface area contributed by atoms with Crippen molar-refractivity contribution < 1.29 is 30.5 Å². The quantitative estimate of drug-likeness (QED) is 0.0779. The molecule has 2 N–H and O–H groups in total. The number of hydrogen-bond donors (Lipinski definition) is 2. The number of aryl methyl sites for hydroxylation is 1. The Hall–Kier alpha value is -0.780. The van der Waals surface area contributed by atoms with Crippen molar-refractivity contribution in [2.24, 2.45) is 0 Å². The van der Waals surface area contributed by atoms with Gasteiger partial charge >= 0.3 is 11.4 Å². The summed E-state index contributed by atoms with van der Waals surface area (Å²) in [5, 5.41) is 2.72. The molecule has 200 valence electrons. The van der Waals surface area contributed by atoms with E-state index in [1.807, 2.05) is 18.2 Å². The van der Waals surface area contributed by atoms with Gasteiger partial charge in [-0.15, -0.1) is 0 Å². The number of thioether (sulfide) groups is 1. The molecule has 0 saturated heterocycles. The number of anilines is 1. The smallest absolute Gasteiger partial charge is 0.301 e. The van der Waals surface area contributed by atoms with Crippen molar-refractivity contribution in [3.8, 4) is 0 Å². The summed E-state index contributed by atoms with van der Waals surface area (Å²) in [5.74, 6) is -0.253. The second kappa shape index (κ2) is 13.0. The monoisotopic (exact) mass is 715 g/mol. The summed E-state index contributed by atoms with van der Waals surface area (Å²) in [6, 6.07) is 12.1. The molecule has 3 aromatic rings. The molecular weight excluding hydrogens is 691 g/mol. The Bertz CT molecular complexity index is 1450. The minimum absolute atomic E-state index is 0.198. The second-order valence-electron chi connectivity index (χ2n) is 8.29. The summed E-state index contributed by atoms with van der Waals surface area (Å²) in [5.41, 5.74) is 2.10. The van der Waals surface area contributed by atoms with Gasteiger partial charge in [0.15, 0.2) is 6.54 Å². The number of fused-ring (bicyclic) bond motifs is 2. The molecular formula is C23H25ClIN2O6S4+. The number of rotatable bonds is 12. The topological polar surface area (TPSA) is 108 Å². The highest BCUT2D eigenvalue weighted by atomic mass is 127. The fourth-order valence-electron chi connectivity index (χ4n) is 3.99. The van der Waals surface area contributed by atoms with Crippen LogP contribution in [0.5, 0.6) is 0 Å². The highest BCUT2D eigenvalue weighted by Crippen LogP contribution is 2.48. The van der Waals surface area contributed by atoms with Gasteiger partial charge in [0, 0.05) is 32.5 Å². The Morgan fingerprint density at radius 1 is 1.16 bits per heavy atom. The summed E-state index contributed by atoms with van der Waals surface area (Å²) >= 11 is 9.66. The summed E-state index contributed by atoms with van der Waals surface area (Å²) in [6.45, 7) is 1.50. The normalized spacial score (nSPS) is 15.6. The van der Waals surface area contributed by atoms with Crippen LogP contribution in [-0.2, 0) is 32.2 Å². The lowest BCUT2D eigenvalue weighted by Crippen LogP contribution is -2.35. The molecule has 8 nitrogen and oxygen atoms in total. The van der Waals surface area contributed by atoms with E-state index in [4.69, 9.17) is 24.9 Å². The Balaban J connectivity index is 1.63. The Labute approximate surface area is 245 Å². The van der Waals surface area contributed by atoms with E-state index in [-0.39, 0.29) is 12.4 Å². The summed E-state index contributed by atoms with van der Waals surface area (Å²) < 4.78 is 60.2. The number of halogens is 2. The van der Waals surface area contributed by atoms with Gasteiger partial charge in [0.2, 0.25) is 5.52 Å². The summed E-state index contributed by atoms with van der Waals surface area (Å²) in [7, 11) is -3.98. The lowest BCUT2D eigenvalue weighted by molar-refractivity contribution is -0.669. The first kappa shape index (κ1) is 29.2. The van der Waals surface area contributed by atoms with Gasteiger partial charge in [0.1, 0.15) is 4.70 Å². The molecule has 0 saturated carbocycles. The van der Waals surface area contributed by atoms with E-state index in [0.717, 1.165) is 40.8 Å². The summed E-state index contributed by atoms with van der Waals surface area (Å²) in [4.78, 5) is 3.30. The zero-order valence-corrected chi connectivity index (χ0v) is 25.7. The minimum atomic E-state index is -3.98. The van der Waals surface area contributed by atoms with Gasteiger partial charge in [-0.2, -0.15) is 17.2 Å². The molecule has 0 spiro atoms. The van der Waals surface area contributed by atoms with Crippen molar-refractivity contribution in [1.29, 1.82) is 0 Å². The molecule has 2 aromatic carbocycles. The molecule has 1 atom stereocenters. The fraction of sp³-hybridized carbons (Fsp3) is 0.348. The van der Waals surface area contributed by atoms with E-state index in [2.05, 4.69) is 56.3 Å². The zero-order chi connectivity index (χ0) is 26.6. The number of benzene rings is 2. The van der Waals surface area contributed by atoms with Gasteiger partial charge < -0.3 is 4.90 Å². The van der Waals surface area contributed by atoms with Gasteiger partial charge in [0.25, 0.3) is 15.1 Å². The zero-order valence-electron chi connectivity index (χ0n) is 19.5. The summed E-state index contributed by atoms with van der Waals surface area (Å²) in [6.07, 6.45) is 4.51. The van der Waals surface area contributed by atoms with Crippen molar-refractivity contribution in [2.75, 3.05) is 23.8 Å². The van der Waals surface area contributed by atoms with Crippen LogP contribution < -0.4 is 9.47 Å². The van der Waals surface area contributed by atoms with E-state index >= 15 is 0 Å². The van der Waals surface area contributed by atoms with Gasteiger partial charge in [0.05, 0.1) is 29.2 Å². The molecule has 1 aliphatic heterocycles. The lowest BCUT2D eigenvalue weighted by Gasteiger charge is -2.20. The van der Waals surface area contributed by atoms with Gasteiger partial charge in [-0.05, 0) is 72.2 Å². The molecule has 0 radical (unpaired) electrons. The molecule has 37 heavy (non-hydrogen) atoms. The van der Waals surface area contributed by atoms with Crippen LogP contribution in [-0.4, -0.2) is 40.6 Å². The van der Waals surface area contributed by atoms with Crippen molar-refractivity contribution >= 4 is 101 Å². The largest absolute Gasteiger partial charge is 0.335 e. The highest BCUT2D eigenvalue weighted by molar-refractivity contribution is 14.1. The van der Waals surface area contributed by atoms with Crippen molar-refractivity contribution in [3.63, 3.8) is 0 Å². The van der Waals surface area contributed by atoms with Crippen LogP contribution in [0.1, 0.15) is 30.7 Å². The third-order valence-corrected chi connectivity index (χ3v) is 9.93. The van der Waals surface area contributed by atoms with Gasteiger partial charge in [-0.25, -0.2) is 0 Å². The maximum atomic E-state index is 11.2. The minimum Gasteiger partial charge on any atom is -0.335 e. The number of hydrogen-bond acceptors (Lipinski definition) is 7. The molecule has 14 heteroatoms. The van der Waals surface area contributed by atoms with Crippen LogP contribution in [0.4, 0.5) is 5.69 Å². The first-order chi connectivity index (χ1) is 17.6. The maximum Gasteiger partial charge on any atom is 0.301 e. The van der Waals surface area contributed by atoms with Gasteiger partial charge in [-0.3, -0.25) is 13.3 Å². The van der Waals surface area contributed by atoms with Crippen LogP contribution in [0.15, 0.2) is 46.3 Å². The standard InChI is InChI=1S/C23H24ClIN2O6S4/c24-16-5-7-20-18(13-16)26(9-1-3-11-33-36(28)29)22(34-20)15-23-27(10-2-4-12-37(30,31)32)19-14-17(25)6-8-21(19)35-23/h5-8,13-15H,1-4,9-12H2,(H-,28,29,30,31,32)/p+1.